The number of aryl methyl sites for hydroxylation is 1. The first-order valence-electron chi connectivity index (χ1n) is 6.33. The number of likely N-dealkylation sites (N-methyl/N-ethyl adjacent to an activating group) is 1. The third kappa shape index (κ3) is 2.50. The highest BCUT2D eigenvalue weighted by atomic mass is 79.9. The summed E-state index contributed by atoms with van der Waals surface area (Å²) in [6.07, 6.45) is 0. The maximum Gasteiger partial charge on any atom is 0.0515 e. The standard InChI is InChI=1S/C14H22BrN3/c1-10-7-13(11(15)8-12(10)16)18-6-5-17(4)14(2,3)9-18/h7-8H,5-6,9,16H2,1-4H3. The van der Waals surface area contributed by atoms with Gasteiger partial charge in [-0.25, -0.2) is 0 Å². The van der Waals surface area contributed by atoms with Crippen molar-refractivity contribution in [2.45, 2.75) is 26.3 Å². The minimum atomic E-state index is 0.201. The van der Waals surface area contributed by atoms with E-state index in [1.807, 2.05) is 6.07 Å². The lowest BCUT2D eigenvalue weighted by Gasteiger charge is -2.46. The van der Waals surface area contributed by atoms with Crippen LogP contribution >= 0.6 is 15.9 Å². The van der Waals surface area contributed by atoms with Crippen LogP contribution in [0.5, 0.6) is 0 Å². The zero-order valence-electron chi connectivity index (χ0n) is 11.6. The molecule has 0 aliphatic carbocycles. The SMILES string of the molecule is Cc1cc(N2CCN(C)C(C)(C)C2)c(Br)cc1N. The molecule has 0 atom stereocenters. The number of benzene rings is 1. The highest BCUT2D eigenvalue weighted by molar-refractivity contribution is 9.10. The number of anilines is 2. The van der Waals surface area contributed by atoms with Crippen molar-refractivity contribution in [1.82, 2.24) is 4.90 Å². The molecule has 4 heteroatoms. The van der Waals surface area contributed by atoms with Crippen molar-refractivity contribution in [3.05, 3.63) is 22.2 Å². The number of piperazine rings is 1. The van der Waals surface area contributed by atoms with Gasteiger partial charge in [0, 0.05) is 35.3 Å². The summed E-state index contributed by atoms with van der Waals surface area (Å²) in [6.45, 7) is 9.82. The van der Waals surface area contributed by atoms with Gasteiger partial charge in [0.2, 0.25) is 0 Å². The van der Waals surface area contributed by atoms with Crippen LogP contribution in [0.2, 0.25) is 0 Å². The molecule has 0 amide bonds. The third-order valence-electron chi connectivity index (χ3n) is 3.99. The summed E-state index contributed by atoms with van der Waals surface area (Å²) < 4.78 is 1.09. The molecule has 3 nitrogen and oxygen atoms in total. The Bertz CT molecular complexity index is 457. The van der Waals surface area contributed by atoms with Gasteiger partial charge in [-0.15, -0.1) is 0 Å². The van der Waals surface area contributed by atoms with Crippen molar-refractivity contribution in [2.75, 3.05) is 37.3 Å². The fourth-order valence-electron chi connectivity index (χ4n) is 2.37. The predicted molar refractivity (Wildman–Crippen MR) is 82.2 cm³/mol. The molecular weight excluding hydrogens is 290 g/mol. The molecule has 0 unspecified atom stereocenters. The molecule has 1 fully saturated rings. The first-order valence-corrected chi connectivity index (χ1v) is 7.12. The van der Waals surface area contributed by atoms with Crippen LogP contribution in [-0.2, 0) is 0 Å². The smallest absolute Gasteiger partial charge is 0.0515 e. The van der Waals surface area contributed by atoms with Crippen molar-refractivity contribution in [2.24, 2.45) is 0 Å². The van der Waals surface area contributed by atoms with E-state index in [4.69, 9.17) is 5.73 Å². The summed E-state index contributed by atoms with van der Waals surface area (Å²) in [7, 11) is 2.20. The number of halogens is 1. The summed E-state index contributed by atoms with van der Waals surface area (Å²) >= 11 is 3.63. The van der Waals surface area contributed by atoms with Crippen molar-refractivity contribution >= 4 is 27.3 Å². The summed E-state index contributed by atoms with van der Waals surface area (Å²) in [6, 6.07) is 4.19. The lowest BCUT2D eigenvalue weighted by Crippen LogP contribution is -2.57. The van der Waals surface area contributed by atoms with Crippen LogP contribution in [0.3, 0.4) is 0 Å². The summed E-state index contributed by atoms with van der Waals surface area (Å²) in [5, 5.41) is 0. The molecule has 1 aromatic rings. The summed E-state index contributed by atoms with van der Waals surface area (Å²) in [5.41, 5.74) is 9.38. The Morgan fingerprint density at radius 2 is 1.94 bits per heavy atom. The van der Waals surface area contributed by atoms with Gasteiger partial charge in [0.05, 0.1) is 5.69 Å². The molecule has 0 spiro atoms. The molecule has 0 saturated carbocycles. The minimum absolute atomic E-state index is 0.201. The average Bonchev–Trinajstić information content (AvgIpc) is 2.27. The van der Waals surface area contributed by atoms with E-state index in [-0.39, 0.29) is 5.54 Å². The van der Waals surface area contributed by atoms with E-state index < -0.39 is 0 Å². The summed E-state index contributed by atoms with van der Waals surface area (Å²) in [5.74, 6) is 0. The highest BCUT2D eigenvalue weighted by Crippen LogP contribution is 2.33. The zero-order chi connectivity index (χ0) is 13.5. The second-order valence-electron chi connectivity index (χ2n) is 5.82. The first-order chi connectivity index (χ1) is 8.31. The number of hydrogen-bond donors (Lipinski definition) is 1. The van der Waals surface area contributed by atoms with E-state index in [2.05, 4.69) is 59.6 Å². The molecule has 0 bridgehead atoms. The first kappa shape index (κ1) is 13.7. The normalized spacial score (nSPS) is 20.2. The second kappa shape index (κ2) is 4.74. The third-order valence-corrected chi connectivity index (χ3v) is 4.63. The van der Waals surface area contributed by atoms with Gasteiger partial charge in [-0.3, -0.25) is 4.90 Å². The van der Waals surface area contributed by atoms with Gasteiger partial charge in [-0.1, -0.05) is 0 Å². The van der Waals surface area contributed by atoms with Gasteiger partial charge in [-0.05, 0) is 61.4 Å². The Morgan fingerprint density at radius 1 is 1.28 bits per heavy atom. The van der Waals surface area contributed by atoms with Crippen LogP contribution in [0.25, 0.3) is 0 Å². The lowest BCUT2D eigenvalue weighted by molar-refractivity contribution is 0.139. The molecule has 0 radical (unpaired) electrons. The number of nitrogen functional groups attached to an aromatic ring is 1. The molecule has 0 aromatic heterocycles. The van der Waals surface area contributed by atoms with Crippen molar-refractivity contribution in [1.29, 1.82) is 0 Å². The number of rotatable bonds is 1. The van der Waals surface area contributed by atoms with Crippen molar-refractivity contribution < 1.29 is 0 Å². The van der Waals surface area contributed by atoms with Crippen molar-refractivity contribution in [3.8, 4) is 0 Å². The molecule has 2 rings (SSSR count). The molecule has 18 heavy (non-hydrogen) atoms. The highest BCUT2D eigenvalue weighted by Gasteiger charge is 2.31. The Kier molecular flexibility index (Phi) is 3.60. The Morgan fingerprint density at radius 3 is 2.56 bits per heavy atom. The fourth-order valence-corrected chi connectivity index (χ4v) is 2.98. The van der Waals surface area contributed by atoms with Crippen LogP contribution in [0, 0.1) is 6.92 Å². The zero-order valence-corrected chi connectivity index (χ0v) is 13.2. The van der Waals surface area contributed by atoms with Crippen LogP contribution in [0.1, 0.15) is 19.4 Å². The van der Waals surface area contributed by atoms with E-state index >= 15 is 0 Å². The number of nitrogens with zero attached hydrogens (tertiary/aromatic N) is 2. The van der Waals surface area contributed by atoms with Crippen molar-refractivity contribution in [3.63, 3.8) is 0 Å². The average molecular weight is 312 g/mol. The molecule has 2 N–H and O–H groups in total. The lowest BCUT2D eigenvalue weighted by atomic mass is 9.99. The van der Waals surface area contributed by atoms with Crippen LogP contribution in [0.4, 0.5) is 11.4 Å². The largest absolute Gasteiger partial charge is 0.398 e. The van der Waals surface area contributed by atoms with E-state index in [9.17, 15) is 0 Å². The molecule has 1 heterocycles. The van der Waals surface area contributed by atoms with E-state index in [1.54, 1.807) is 0 Å². The van der Waals surface area contributed by atoms with Gasteiger partial charge in [0.25, 0.3) is 0 Å². The monoisotopic (exact) mass is 311 g/mol. The Labute approximate surface area is 118 Å². The molecule has 100 valence electrons. The number of hydrogen-bond acceptors (Lipinski definition) is 3. The van der Waals surface area contributed by atoms with Gasteiger partial charge in [0.15, 0.2) is 0 Å². The number of nitrogens with two attached hydrogens (primary N) is 1. The molecule has 1 aliphatic rings. The topological polar surface area (TPSA) is 32.5 Å². The summed E-state index contributed by atoms with van der Waals surface area (Å²) in [4.78, 5) is 4.86. The Balaban J connectivity index is 2.30. The maximum atomic E-state index is 5.94. The maximum absolute atomic E-state index is 5.94. The van der Waals surface area contributed by atoms with Gasteiger partial charge in [-0.2, -0.15) is 0 Å². The van der Waals surface area contributed by atoms with E-state index in [0.717, 1.165) is 35.4 Å². The van der Waals surface area contributed by atoms with Crippen LogP contribution in [-0.4, -0.2) is 37.1 Å². The predicted octanol–water partition coefficient (Wildman–Crippen LogP) is 2.87. The van der Waals surface area contributed by atoms with Gasteiger partial charge >= 0.3 is 0 Å². The van der Waals surface area contributed by atoms with E-state index in [1.165, 1.54) is 5.69 Å². The van der Waals surface area contributed by atoms with E-state index in [0.29, 0.717) is 0 Å². The quantitative estimate of drug-likeness (QED) is 0.809. The van der Waals surface area contributed by atoms with Crippen LogP contribution < -0.4 is 10.6 Å². The molecule has 1 aliphatic heterocycles. The minimum Gasteiger partial charge on any atom is -0.398 e. The van der Waals surface area contributed by atoms with Gasteiger partial charge < -0.3 is 10.6 Å². The van der Waals surface area contributed by atoms with Crippen LogP contribution in [0.15, 0.2) is 16.6 Å². The van der Waals surface area contributed by atoms with Gasteiger partial charge in [0.1, 0.15) is 0 Å². The molecule has 1 saturated heterocycles. The Hall–Kier alpha value is -0.740. The second-order valence-corrected chi connectivity index (χ2v) is 6.67. The fraction of sp³-hybridized carbons (Fsp3) is 0.571. The molecular formula is C14H22BrN3. The molecule has 1 aromatic carbocycles.